The van der Waals surface area contributed by atoms with Crippen molar-refractivity contribution in [1.29, 1.82) is 0 Å². The van der Waals surface area contributed by atoms with E-state index in [4.69, 9.17) is 22.9 Å². The summed E-state index contributed by atoms with van der Waals surface area (Å²) in [7, 11) is 0. The molecule has 14 heteroatoms. The third-order valence-corrected chi connectivity index (χ3v) is 4.09. The Hall–Kier alpha value is 1.32. The number of nitrogens with two attached hydrogens (primary N) is 4. The van der Waals surface area contributed by atoms with Gasteiger partial charge in [-0.15, -0.1) is 0 Å². The fourth-order valence-corrected chi connectivity index (χ4v) is 2.31. The monoisotopic (exact) mass is 888 g/mol. The van der Waals surface area contributed by atoms with Crippen molar-refractivity contribution < 1.29 is 101 Å². The molecule has 8 nitrogen and oxygen atoms in total. The number of halogens is 4. The van der Waals surface area contributed by atoms with Gasteiger partial charge >= 0.3 is 42.1 Å². The van der Waals surface area contributed by atoms with E-state index in [1.807, 2.05) is 0 Å². The number of hydrogen-bond acceptors (Lipinski definition) is 6. The smallest absolute Gasteiger partial charge is 1.00 e. The van der Waals surface area contributed by atoms with Crippen molar-refractivity contribution >= 4 is 11.8 Å². The molecule has 0 aromatic heterocycles. The summed E-state index contributed by atoms with van der Waals surface area (Å²) >= 11 is 0. The minimum atomic E-state index is -0.0464. The van der Waals surface area contributed by atoms with Crippen molar-refractivity contribution in [1.82, 2.24) is 10.6 Å². The molecular formula is C17H38Cl4N6O2Pt2. The van der Waals surface area contributed by atoms with Crippen molar-refractivity contribution in [2.24, 2.45) is 22.9 Å². The third kappa shape index (κ3) is 36.1. The summed E-state index contributed by atoms with van der Waals surface area (Å²) in [5, 5.41) is 5.70. The summed E-state index contributed by atoms with van der Waals surface area (Å²) in [4.78, 5) is 23.2. The van der Waals surface area contributed by atoms with E-state index in [0.29, 0.717) is 51.9 Å². The molecule has 0 saturated heterocycles. The Morgan fingerprint density at radius 3 is 1.19 bits per heavy atom. The molecule has 0 fully saturated rings. The Bertz CT molecular complexity index is 350. The van der Waals surface area contributed by atoms with E-state index in [9.17, 15) is 9.59 Å². The summed E-state index contributed by atoms with van der Waals surface area (Å²) in [5.41, 5.74) is 22.2. The van der Waals surface area contributed by atoms with E-state index in [1.54, 1.807) is 0 Å². The zero-order valence-corrected chi connectivity index (χ0v) is 25.2. The molecule has 0 rings (SSSR count). The van der Waals surface area contributed by atoms with E-state index < -0.39 is 0 Å². The maximum absolute atomic E-state index is 11.6. The predicted octanol–water partition coefficient (Wildman–Crippen LogP) is -12.7. The maximum Gasteiger partial charge on any atom is 2.00 e. The molecule has 0 aliphatic rings. The van der Waals surface area contributed by atoms with E-state index in [2.05, 4.69) is 10.6 Å². The van der Waals surface area contributed by atoms with Crippen LogP contribution in [0.1, 0.15) is 57.8 Å². The first-order valence-electron chi connectivity index (χ1n) is 9.44. The number of nitrogens with one attached hydrogen (secondary N) is 2. The quantitative estimate of drug-likeness (QED) is 0.0845. The zero-order chi connectivity index (χ0) is 18.9. The van der Waals surface area contributed by atoms with Crippen LogP contribution in [0.2, 0.25) is 0 Å². The van der Waals surface area contributed by atoms with Crippen LogP contribution in [0.4, 0.5) is 0 Å². The van der Waals surface area contributed by atoms with E-state index >= 15 is 0 Å². The van der Waals surface area contributed by atoms with Crippen LogP contribution in [-0.2, 0) is 51.7 Å². The Morgan fingerprint density at radius 1 is 0.613 bits per heavy atom. The topological polar surface area (TPSA) is 162 Å². The second-order valence-electron chi connectivity index (χ2n) is 6.54. The van der Waals surface area contributed by atoms with Crippen LogP contribution >= 0.6 is 0 Å². The molecule has 31 heavy (non-hydrogen) atoms. The summed E-state index contributed by atoms with van der Waals surface area (Å²) in [6.45, 7) is 2.05. The SMILES string of the molecule is NCC(N)CCNC(=O)CCCCCCCC(=O)NCCC(N)CN.[Cl-].[Cl-].[Cl-].[Cl-].[Pt+2].[Pt+2]. The predicted molar refractivity (Wildman–Crippen MR) is 102 cm³/mol. The summed E-state index contributed by atoms with van der Waals surface area (Å²) in [6.07, 6.45) is 7.29. The van der Waals surface area contributed by atoms with Crippen molar-refractivity contribution in [2.45, 2.75) is 69.9 Å². The fraction of sp³-hybridized carbons (Fsp3) is 0.882. The molecule has 0 saturated carbocycles. The third-order valence-electron chi connectivity index (χ3n) is 4.09. The standard InChI is InChI=1S/C17H38N6O2.4ClH.2Pt/c18-12-14(20)8-10-22-16(24)6-4-2-1-3-5-7-17(25)23-11-9-15(21)13-19;;;;;;/h14-15H,1-13,18-21H2,(H,22,24)(H,23,25);4*1H;;/q;;;;;2*+2/p-4. The van der Waals surface area contributed by atoms with Gasteiger partial charge < -0.3 is 83.2 Å². The summed E-state index contributed by atoms with van der Waals surface area (Å²) in [6, 6.07) is -0.0928. The van der Waals surface area contributed by atoms with Crippen LogP contribution in [0, 0.1) is 0 Å². The second kappa shape index (κ2) is 35.9. The Morgan fingerprint density at radius 2 is 0.903 bits per heavy atom. The first kappa shape index (κ1) is 49.4. The molecule has 0 aromatic rings. The van der Waals surface area contributed by atoms with Crippen LogP contribution < -0.4 is 83.2 Å². The van der Waals surface area contributed by atoms with Crippen LogP contribution in [0.15, 0.2) is 0 Å². The molecular weight excluding hydrogens is 852 g/mol. The molecule has 0 radical (unpaired) electrons. The Balaban J connectivity index is -0.000000192. The number of amides is 2. The minimum Gasteiger partial charge on any atom is -1.00 e. The summed E-state index contributed by atoms with van der Waals surface area (Å²) in [5.74, 6) is 0.138. The van der Waals surface area contributed by atoms with Gasteiger partial charge in [-0.05, 0) is 25.7 Å². The van der Waals surface area contributed by atoms with Gasteiger partial charge in [-0.1, -0.05) is 19.3 Å². The van der Waals surface area contributed by atoms with Gasteiger partial charge in [-0.3, -0.25) is 9.59 Å². The maximum atomic E-state index is 11.6. The molecule has 0 aliphatic heterocycles. The zero-order valence-electron chi connectivity index (χ0n) is 17.6. The average molecular weight is 890 g/mol. The molecule has 196 valence electrons. The minimum absolute atomic E-state index is 0. The van der Waals surface area contributed by atoms with E-state index in [-0.39, 0.29) is 116 Å². The molecule has 2 atom stereocenters. The van der Waals surface area contributed by atoms with Crippen molar-refractivity contribution in [3.05, 3.63) is 0 Å². The number of carbonyl (C=O) groups is 2. The first-order chi connectivity index (χ1) is 12.0. The van der Waals surface area contributed by atoms with Gasteiger partial charge in [0, 0.05) is 51.1 Å². The molecule has 0 heterocycles. The second-order valence-corrected chi connectivity index (χ2v) is 6.54. The van der Waals surface area contributed by atoms with Crippen LogP contribution in [-0.4, -0.2) is 50.1 Å². The van der Waals surface area contributed by atoms with Gasteiger partial charge in [0.1, 0.15) is 0 Å². The molecule has 0 bridgehead atoms. The van der Waals surface area contributed by atoms with Crippen molar-refractivity contribution in [3.63, 3.8) is 0 Å². The molecule has 10 N–H and O–H groups in total. The number of unbranched alkanes of at least 4 members (excludes halogenated alkanes) is 4. The fourth-order valence-electron chi connectivity index (χ4n) is 2.31. The largest absolute Gasteiger partial charge is 2.00 e. The molecule has 0 spiro atoms. The van der Waals surface area contributed by atoms with Crippen LogP contribution in [0.3, 0.4) is 0 Å². The molecule has 0 aromatic carbocycles. The van der Waals surface area contributed by atoms with Crippen LogP contribution in [0.5, 0.6) is 0 Å². The van der Waals surface area contributed by atoms with E-state index in [1.165, 1.54) is 0 Å². The average Bonchev–Trinajstić information content (AvgIpc) is 2.60. The van der Waals surface area contributed by atoms with E-state index in [0.717, 1.165) is 32.1 Å². The van der Waals surface area contributed by atoms with Crippen molar-refractivity contribution in [3.8, 4) is 0 Å². The normalized spacial score (nSPS) is 10.7. The number of carbonyl (C=O) groups excluding carboxylic acids is 2. The molecule has 2 amide bonds. The molecule has 0 aliphatic carbocycles. The number of hydrogen-bond donors (Lipinski definition) is 6. The van der Waals surface area contributed by atoms with Gasteiger partial charge in [0.05, 0.1) is 0 Å². The van der Waals surface area contributed by atoms with Gasteiger partial charge in [0.25, 0.3) is 0 Å². The van der Waals surface area contributed by atoms with Crippen LogP contribution in [0.25, 0.3) is 0 Å². The first-order valence-corrected chi connectivity index (χ1v) is 9.44. The number of rotatable bonds is 16. The van der Waals surface area contributed by atoms with Gasteiger partial charge in [-0.2, -0.15) is 0 Å². The van der Waals surface area contributed by atoms with Gasteiger partial charge in [0.2, 0.25) is 11.8 Å². The van der Waals surface area contributed by atoms with Gasteiger partial charge in [-0.25, -0.2) is 0 Å². The Labute approximate surface area is 241 Å². The van der Waals surface area contributed by atoms with Gasteiger partial charge in [0.15, 0.2) is 0 Å². The molecule has 2 unspecified atom stereocenters. The summed E-state index contributed by atoms with van der Waals surface area (Å²) < 4.78 is 0. The van der Waals surface area contributed by atoms with Crippen molar-refractivity contribution in [2.75, 3.05) is 26.2 Å². The Kier molecular flexibility index (Phi) is 57.3.